The fourth-order valence-electron chi connectivity index (χ4n) is 3.82. The van der Waals surface area contributed by atoms with Gasteiger partial charge in [0, 0.05) is 30.2 Å². The van der Waals surface area contributed by atoms with Crippen LogP contribution >= 0.6 is 11.6 Å². The number of rotatable bonds is 8. The smallest absolute Gasteiger partial charge is 0.234 e. The van der Waals surface area contributed by atoms with E-state index < -0.39 is 0 Å². The number of morpholine rings is 1. The lowest BCUT2D eigenvalue weighted by atomic mass is 9.98. The molecular formula is C23H30ClN3O2. The molecule has 0 saturated carbocycles. The highest BCUT2D eigenvalue weighted by molar-refractivity contribution is 6.30. The summed E-state index contributed by atoms with van der Waals surface area (Å²) in [6.07, 6.45) is 0. The molecule has 1 aliphatic rings. The number of hydrogen-bond acceptors (Lipinski definition) is 4. The first kappa shape index (κ1) is 21.8. The minimum atomic E-state index is -0.0179. The maximum atomic E-state index is 12.6. The van der Waals surface area contributed by atoms with Crippen LogP contribution in [0.1, 0.15) is 37.1 Å². The molecule has 3 rings (SSSR count). The number of amides is 1. The number of benzene rings is 2. The first-order valence-electron chi connectivity index (χ1n) is 10.2. The molecule has 2 N–H and O–H groups in total. The van der Waals surface area contributed by atoms with Crippen LogP contribution in [0, 0.1) is 0 Å². The Balaban J connectivity index is 1.58. The molecule has 0 unspecified atom stereocenters. The third kappa shape index (κ3) is 6.28. The summed E-state index contributed by atoms with van der Waals surface area (Å²) in [6.45, 7) is 7.57. The number of ether oxygens (including phenoxy) is 1. The Morgan fingerprint density at radius 2 is 1.69 bits per heavy atom. The number of carbonyl (C=O) groups is 1. The van der Waals surface area contributed by atoms with E-state index in [0.717, 1.165) is 31.9 Å². The van der Waals surface area contributed by atoms with Gasteiger partial charge in [0.1, 0.15) is 0 Å². The normalized spacial score (nSPS) is 18.0. The Morgan fingerprint density at radius 1 is 1.03 bits per heavy atom. The summed E-state index contributed by atoms with van der Waals surface area (Å²) in [5, 5.41) is 7.19. The molecule has 0 radical (unpaired) electrons. The molecule has 1 amide bonds. The molecule has 0 aliphatic carbocycles. The Bertz CT molecular complexity index is 763. The van der Waals surface area contributed by atoms with E-state index in [9.17, 15) is 4.79 Å². The molecule has 0 aromatic heterocycles. The van der Waals surface area contributed by atoms with Crippen molar-refractivity contribution in [3.63, 3.8) is 0 Å². The highest BCUT2D eigenvalue weighted by Crippen LogP contribution is 2.25. The van der Waals surface area contributed by atoms with E-state index in [2.05, 4.69) is 34.6 Å². The van der Waals surface area contributed by atoms with Crippen molar-refractivity contribution < 1.29 is 9.53 Å². The Morgan fingerprint density at radius 3 is 2.34 bits per heavy atom. The number of carbonyl (C=O) groups excluding carboxylic acids is 1. The summed E-state index contributed by atoms with van der Waals surface area (Å²) >= 11 is 5.95. The molecule has 2 aromatic carbocycles. The molecule has 0 spiro atoms. The van der Waals surface area contributed by atoms with Gasteiger partial charge in [0.25, 0.3) is 0 Å². The van der Waals surface area contributed by atoms with Crippen LogP contribution in [0.25, 0.3) is 0 Å². The van der Waals surface area contributed by atoms with Gasteiger partial charge in [-0.3, -0.25) is 9.69 Å². The lowest BCUT2D eigenvalue weighted by Crippen LogP contribution is -2.49. The van der Waals surface area contributed by atoms with Crippen molar-refractivity contribution >= 4 is 17.5 Å². The molecule has 6 heteroatoms. The van der Waals surface area contributed by atoms with Crippen molar-refractivity contribution in [3.8, 4) is 0 Å². The van der Waals surface area contributed by atoms with Crippen LogP contribution in [0.2, 0.25) is 5.02 Å². The molecule has 29 heavy (non-hydrogen) atoms. The standard InChI is InChI=1S/C23H30ClN3O2/c1-17(19-8-10-21(24)11-9-19)25-16-22(28)26-18(2)23(20-6-4-3-5-7-20)27-12-14-29-15-13-27/h3-11,17-18,23,25H,12-16H2,1-2H3,(H,26,28)/t17-,18+,23+/m1/s1. The number of nitrogens with zero attached hydrogens (tertiary/aromatic N) is 1. The average molecular weight is 416 g/mol. The number of nitrogens with one attached hydrogen (secondary N) is 2. The van der Waals surface area contributed by atoms with E-state index in [0.29, 0.717) is 5.02 Å². The van der Waals surface area contributed by atoms with Gasteiger partial charge in [0.2, 0.25) is 5.91 Å². The summed E-state index contributed by atoms with van der Waals surface area (Å²) in [5.41, 5.74) is 2.32. The van der Waals surface area contributed by atoms with Gasteiger partial charge in [-0.2, -0.15) is 0 Å². The van der Waals surface area contributed by atoms with Crippen molar-refractivity contribution in [2.75, 3.05) is 32.8 Å². The molecule has 2 aromatic rings. The van der Waals surface area contributed by atoms with Gasteiger partial charge in [-0.15, -0.1) is 0 Å². The fraction of sp³-hybridized carbons (Fsp3) is 0.435. The summed E-state index contributed by atoms with van der Waals surface area (Å²) < 4.78 is 5.51. The van der Waals surface area contributed by atoms with Gasteiger partial charge in [0.05, 0.1) is 25.8 Å². The lowest BCUT2D eigenvalue weighted by molar-refractivity contribution is -0.121. The highest BCUT2D eigenvalue weighted by Gasteiger charge is 2.28. The van der Waals surface area contributed by atoms with Gasteiger partial charge in [-0.1, -0.05) is 54.1 Å². The van der Waals surface area contributed by atoms with Crippen molar-refractivity contribution in [2.45, 2.75) is 32.0 Å². The zero-order valence-electron chi connectivity index (χ0n) is 17.1. The maximum Gasteiger partial charge on any atom is 0.234 e. The van der Waals surface area contributed by atoms with E-state index >= 15 is 0 Å². The van der Waals surface area contributed by atoms with Crippen molar-refractivity contribution in [3.05, 3.63) is 70.7 Å². The fourth-order valence-corrected chi connectivity index (χ4v) is 3.95. The monoisotopic (exact) mass is 415 g/mol. The Hall–Kier alpha value is -1.92. The van der Waals surface area contributed by atoms with E-state index in [1.807, 2.05) is 49.4 Å². The van der Waals surface area contributed by atoms with E-state index in [1.54, 1.807) is 0 Å². The number of halogens is 1. The van der Waals surface area contributed by atoms with Crippen LogP contribution in [-0.4, -0.2) is 49.7 Å². The van der Waals surface area contributed by atoms with E-state index in [4.69, 9.17) is 16.3 Å². The van der Waals surface area contributed by atoms with Crippen LogP contribution in [0.15, 0.2) is 54.6 Å². The lowest BCUT2D eigenvalue weighted by Gasteiger charge is -2.38. The van der Waals surface area contributed by atoms with Crippen LogP contribution < -0.4 is 10.6 Å². The van der Waals surface area contributed by atoms with Gasteiger partial charge in [-0.25, -0.2) is 0 Å². The summed E-state index contributed by atoms with van der Waals surface area (Å²) in [6, 6.07) is 18.2. The van der Waals surface area contributed by atoms with Crippen LogP contribution in [0.3, 0.4) is 0 Å². The van der Waals surface area contributed by atoms with Gasteiger partial charge in [-0.05, 0) is 37.1 Å². The third-order valence-corrected chi connectivity index (χ3v) is 5.63. The minimum absolute atomic E-state index is 0.00694. The molecular weight excluding hydrogens is 386 g/mol. The van der Waals surface area contributed by atoms with Crippen molar-refractivity contribution in [2.24, 2.45) is 0 Å². The van der Waals surface area contributed by atoms with Crippen LogP contribution in [0.4, 0.5) is 0 Å². The Labute approximate surface area is 178 Å². The summed E-state index contributed by atoms with van der Waals surface area (Å²) in [7, 11) is 0. The Kier molecular flexibility index (Phi) is 8.07. The minimum Gasteiger partial charge on any atom is -0.379 e. The second-order valence-corrected chi connectivity index (χ2v) is 7.95. The first-order valence-corrected chi connectivity index (χ1v) is 10.6. The maximum absolute atomic E-state index is 12.6. The zero-order chi connectivity index (χ0) is 20.6. The topological polar surface area (TPSA) is 53.6 Å². The van der Waals surface area contributed by atoms with E-state index in [-0.39, 0.29) is 30.6 Å². The predicted octanol–water partition coefficient (Wildman–Crippen LogP) is 3.57. The second kappa shape index (κ2) is 10.7. The molecule has 3 atom stereocenters. The molecule has 0 bridgehead atoms. The molecule has 1 aliphatic heterocycles. The van der Waals surface area contributed by atoms with Crippen LogP contribution in [0.5, 0.6) is 0 Å². The van der Waals surface area contributed by atoms with Gasteiger partial charge < -0.3 is 15.4 Å². The zero-order valence-corrected chi connectivity index (χ0v) is 17.9. The molecule has 5 nitrogen and oxygen atoms in total. The molecule has 1 saturated heterocycles. The average Bonchev–Trinajstić information content (AvgIpc) is 2.74. The SMILES string of the molecule is C[C@H](NC(=O)CN[C@H](C)c1ccc(Cl)cc1)[C@@H](c1ccccc1)N1CCOCC1. The summed E-state index contributed by atoms with van der Waals surface area (Å²) in [4.78, 5) is 15.0. The van der Waals surface area contributed by atoms with Crippen LogP contribution in [-0.2, 0) is 9.53 Å². The largest absolute Gasteiger partial charge is 0.379 e. The van der Waals surface area contributed by atoms with Crippen molar-refractivity contribution in [1.29, 1.82) is 0 Å². The van der Waals surface area contributed by atoms with E-state index in [1.165, 1.54) is 5.56 Å². The molecule has 156 valence electrons. The molecule has 1 fully saturated rings. The third-order valence-electron chi connectivity index (χ3n) is 5.38. The molecule has 1 heterocycles. The highest BCUT2D eigenvalue weighted by atomic mass is 35.5. The van der Waals surface area contributed by atoms with Gasteiger partial charge in [0.15, 0.2) is 0 Å². The predicted molar refractivity (Wildman–Crippen MR) is 117 cm³/mol. The van der Waals surface area contributed by atoms with Crippen molar-refractivity contribution in [1.82, 2.24) is 15.5 Å². The summed E-state index contributed by atoms with van der Waals surface area (Å²) in [5.74, 6) is -0.00694. The second-order valence-electron chi connectivity index (χ2n) is 7.51. The quantitative estimate of drug-likeness (QED) is 0.692. The first-order chi connectivity index (χ1) is 14.0. The van der Waals surface area contributed by atoms with Gasteiger partial charge >= 0.3 is 0 Å². The number of hydrogen-bond donors (Lipinski definition) is 2.